The molecule has 0 unspecified atom stereocenters. The highest BCUT2D eigenvalue weighted by molar-refractivity contribution is 5.93. The molecule has 17 heavy (non-hydrogen) atoms. The minimum Gasteiger partial charge on any atom is -0.481 e. The summed E-state index contributed by atoms with van der Waals surface area (Å²) in [6.07, 6.45) is 0.706. The summed E-state index contributed by atoms with van der Waals surface area (Å²) in [6.45, 7) is 2.45. The fourth-order valence-electron chi connectivity index (χ4n) is 1.48. The van der Waals surface area contributed by atoms with E-state index in [1.165, 1.54) is 0 Å². The second kappa shape index (κ2) is 5.89. The maximum Gasteiger partial charge on any atom is 0.303 e. The van der Waals surface area contributed by atoms with E-state index in [0.717, 1.165) is 11.3 Å². The summed E-state index contributed by atoms with van der Waals surface area (Å²) in [5.41, 5.74) is 7.44. The third-order valence-electron chi connectivity index (χ3n) is 2.39. The smallest absolute Gasteiger partial charge is 0.303 e. The van der Waals surface area contributed by atoms with Crippen molar-refractivity contribution in [2.75, 3.05) is 11.9 Å². The first-order chi connectivity index (χ1) is 8.00. The SMILES string of the molecule is Cc1cc(C(N)=O)ccc1NCCCC(=O)O. The van der Waals surface area contributed by atoms with Gasteiger partial charge in [-0.3, -0.25) is 9.59 Å². The number of carbonyl (C=O) groups is 2. The lowest BCUT2D eigenvalue weighted by Crippen LogP contribution is -2.12. The third kappa shape index (κ3) is 4.14. The Kier molecular flexibility index (Phi) is 4.51. The minimum absolute atomic E-state index is 0.144. The van der Waals surface area contributed by atoms with Gasteiger partial charge in [-0.2, -0.15) is 0 Å². The number of anilines is 1. The van der Waals surface area contributed by atoms with E-state index in [4.69, 9.17) is 10.8 Å². The molecule has 0 aromatic heterocycles. The molecule has 0 aliphatic rings. The number of nitrogens with one attached hydrogen (secondary N) is 1. The molecule has 5 nitrogen and oxygen atoms in total. The van der Waals surface area contributed by atoms with Gasteiger partial charge in [0.25, 0.3) is 0 Å². The average Bonchev–Trinajstić information content (AvgIpc) is 2.25. The van der Waals surface area contributed by atoms with Crippen LogP contribution in [0.15, 0.2) is 18.2 Å². The van der Waals surface area contributed by atoms with Gasteiger partial charge in [0.2, 0.25) is 5.91 Å². The Balaban J connectivity index is 2.54. The molecule has 0 fully saturated rings. The first-order valence-corrected chi connectivity index (χ1v) is 5.37. The lowest BCUT2D eigenvalue weighted by molar-refractivity contribution is -0.137. The highest BCUT2D eigenvalue weighted by Gasteiger charge is 2.04. The molecule has 0 saturated carbocycles. The second-order valence-electron chi connectivity index (χ2n) is 3.82. The zero-order chi connectivity index (χ0) is 12.8. The molecule has 5 heteroatoms. The van der Waals surface area contributed by atoms with Crippen LogP contribution in [0.5, 0.6) is 0 Å². The lowest BCUT2D eigenvalue weighted by atomic mass is 10.1. The Hall–Kier alpha value is -2.04. The fraction of sp³-hybridized carbons (Fsp3) is 0.333. The van der Waals surface area contributed by atoms with Crippen LogP contribution in [0.1, 0.15) is 28.8 Å². The van der Waals surface area contributed by atoms with E-state index < -0.39 is 11.9 Å². The van der Waals surface area contributed by atoms with Crippen molar-refractivity contribution >= 4 is 17.6 Å². The second-order valence-corrected chi connectivity index (χ2v) is 3.82. The number of amides is 1. The Morgan fingerprint density at radius 1 is 1.41 bits per heavy atom. The van der Waals surface area contributed by atoms with Crippen LogP contribution in [0, 0.1) is 6.92 Å². The summed E-state index contributed by atoms with van der Waals surface area (Å²) in [6, 6.07) is 5.13. The van der Waals surface area contributed by atoms with Gasteiger partial charge < -0.3 is 16.2 Å². The Morgan fingerprint density at radius 3 is 2.65 bits per heavy atom. The van der Waals surface area contributed by atoms with Crippen LogP contribution in [0.3, 0.4) is 0 Å². The molecule has 0 saturated heterocycles. The molecular weight excluding hydrogens is 220 g/mol. The Morgan fingerprint density at radius 2 is 2.12 bits per heavy atom. The molecule has 92 valence electrons. The molecule has 1 aromatic rings. The summed E-state index contributed by atoms with van der Waals surface area (Å²) in [5, 5.41) is 11.6. The van der Waals surface area contributed by atoms with Gasteiger partial charge in [0.05, 0.1) is 0 Å². The Bertz CT molecular complexity index is 430. The van der Waals surface area contributed by atoms with E-state index in [1.54, 1.807) is 18.2 Å². The summed E-state index contributed by atoms with van der Waals surface area (Å²) in [7, 11) is 0. The number of carboxylic acids is 1. The van der Waals surface area contributed by atoms with Crippen molar-refractivity contribution < 1.29 is 14.7 Å². The third-order valence-corrected chi connectivity index (χ3v) is 2.39. The van der Waals surface area contributed by atoms with E-state index in [9.17, 15) is 9.59 Å². The molecule has 0 radical (unpaired) electrons. The number of carbonyl (C=O) groups excluding carboxylic acids is 1. The van der Waals surface area contributed by atoms with E-state index >= 15 is 0 Å². The average molecular weight is 236 g/mol. The van der Waals surface area contributed by atoms with Crippen LogP contribution >= 0.6 is 0 Å². The van der Waals surface area contributed by atoms with Gasteiger partial charge in [0.1, 0.15) is 0 Å². The largest absolute Gasteiger partial charge is 0.481 e. The van der Waals surface area contributed by atoms with E-state index in [-0.39, 0.29) is 6.42 Å². The van der Waals surface area contributed by atoms with Crippen molar-refractivity contribution in [3.8, 4) is 0 Å². The molecular formula is C12H16N2O3. The van der Waals surface area contributed by atoms with Crippen molar-refractivity contribution in [2.45, 2.75) is 19.8 Å². The van der Waals surface area contributed by atoms with Crippen LogP contribution < -0.4 is 11.1 Å². The number of primary amides is 1. The van der Waals surface area contributed by atoms with Crippen LogP contribution in [0.2, 0.25) is 0 Å². The van der Waals surface area contributed by atoms with Crippen LogP contribution in [0.4, 0.5) is 5.69 Å². The number of rotatable bonds is 6. The molecule has 1 amide bonds. The number of carboxylic acid groups (broad SMARTS) is 1. The van der Waals surface area contributed by atoms with Crippen molar-refractivity contribution in [2.24, 2.45) is 5.73 Å². The minimum atomic E-state index is -0.799. The Labute approximate surface area is 99.6 Å². The molecule has 1 aromatic carbocycles. The zero-order valence-electron chi connectivity index (χ0n) is 9.69. The van der Waals surface area contributed by atoms with Gasteiger partial charge in [-0.1, -0.05) is 0 Å². The van der Waals surface area contributed by atoms with Gasteiger partial charge in [0.15, 0.2) is 0 Å². The van der Waals surface area contributed by atoms with E-state index in [2.05, 4.69) is 5.32 Å². The maximum atomic E-state index is 10.9. The van der Waals surface area contributed by atoms with Gasteiger partial charge in [-0.05, 0) is 37.1 Å². The zero-order valence-corrected chi connectivity index (χ0v) is 9.69. The molecule has 0 bridgehead atoms. The highest BCUT2D eigenvalue weighted by atomic mass is 16.4. The van der Waals surface area contributed by atoms with Gasteiger partial charge in [-0.15, -0.1) is 0 Å². The van der Waals surface area contributed by atoms with Gasteiger partial charge in [-0.25, -0.2) is 0 Å². The van der Waals surface area contributed by atoms with Crippen LogP contribution in [0.25, 0.3) is 0 Å². The number of benzene rings is 1. The molecule has 0 aliphatic heterocycles. The summed E-state index contributed by atoms with van der Waals surface area (Å²) < 4.78 is 0. The normalized spacial score (nSPS) is 9.94. The molecule has 4 N–H and O–H groups in total. The van der Waals surface area contributed by atoms with Crippen LogP contribution in [-0.4, -0.2) is 23.5 Å². The first kappa shape index (κ1) is 13.0. The number of nitrogens with two attached hydrogens (primary N) is 1. The summed E-state index contributed by atoms with van der Waals surface area (Å²) in [4.78, 5) is 21.3. The monoisotopic (exact) mass is 236 g/mol. The van der Waals surface area contributed by atoms with Gasteiger partial charge >= 0.3 is 5.97 Å². The molecule has 1 rings (SSSR count). The quantitative estimate of drug-likeness (QED) is 0.650. The fourth-order valence-corrected chi connectivity index (χ4v) is 1.48. The topological polar surface area (TPSA) is 92.4 Å². The van der Waals surface area contributed by atoms with Crippen LogP contribution in [-0.2, 0) is 4.79 Å². The molecule has 0 atom stereocenters. The van der Waals surface area contributed by atoms with Crippen molar-refractivity contribution in [1.82, 2.24) is 0 Å². The summed E-state index contributed by atoms with van der Waals surface area (Å²) >= 11 is 0. The number of aryl methyl sites for hydroxylation is 1. The standard InChI is InChI=1S/C12H16N2O3/c1-8-7-9(12(13)17)4-5-10(8)14-6-2-3-11(15)16/h4-5,7,14H,2-3,6H2,1H3,(H2,13,17)(H,15,16). The lowest BCUT2D eigenvalue weighted by Gasteiger charge is -2.09. The first-order valence-electron chi connectivity index (χ1n) is 5.37. The number of aliphatic carboxylic acids is 1. The van der Waals surface area contributed by atoms with E-state index in [0.29, 0.717) is 18.5 Å². The highest BCUT2D eigenvalue weighted by Crippen LogP contribution is 2.16. The van der Waals surface area contributed by atoms with Crippen molar-refractivity contribution in [3.05, 3.63) is 29.3 Å². The van der Waals surface area contributed by atoms with Crippen molar-refractivity contribution in [3.63, 3.8) is 0 Å². The molecule has 0 aliphatic carbocycles. The number of hydrogen-bond acceptors (Lipinski definition) is 3. The van der Waals surface area contributed by atoms with E-state index in [1.807, 2.05) is 6.92 Å². The van der Waals surface area contributed by atoms with Gasteiger partial charge in [0, 0.05) is 24.2 Å². The van der Waals surface area contributed by atoms with Crippen molar-refractivity contribution in [1.29, 1.82) is 0 Å². The molecule has 0 heterocycles. The summed E-state index contributed by atoms with van der Waals surface area (Å²) in [5.74, 6) is -1.25. The molecule has 0 spiro atoms. The maximum absolute atomic E-state index is 10.9. The predicted molar refractivity (Wildman–Crippen MR) is 65.1 cm³/mol. The number of hydrogen-bond donors (Lipinski definition) is 3. The predicted octanol–water partition coefficient (Wildman–Crippen LogP) is 1.37.